The molecule has 138 valence electrons. The summed E-state index contributed by atoms with van der Waals surface area (Å²) in [6, 6.07) is 26.9. The van der Waals surface area contributed by atoms with Gasteiger partial charge in [-0.1, -0.05) is 72.8 Å². The van der Waals surface area contributed by atoms with Crippen LogP contribution in [-0.2, 0) is 11.2 Å². The SMILES string of the molecule is O=C(CSC(c1ccccc1)c1ccccc1)NCCc1cccc(F)c1. The fraction of sp³-hybridized carbons (Fsp3) is 0.174. The lowest BCUT2D eigenvalue weighted by Gasteiger charge is -2.17. The van der Waals surface area contributed by atoms with Gasteiger partial charge in [-0.2, -0.15) is 0 Å². The number of benzene rings is 3. The molecule has 27 heavy (non-hydrogen) atoms. The molecule has 0 aromatic heterocycles. The van der Waals surface area contributed by atoms with E-state index in [1.807, 2.05) is 42.5 Å². The average Bonchev–Trinajstić information content (AvgIpc) is 2.70. The Morgan fingerprint density at radius 2 is 1.52 bits per heavy atom. The van der Waals surface area contributed by atoms with Crippen molar-refractivity contribution < 1.29 is 9.18 Å². The van der Waals surface area contributed by atoms with Gasteiger partial charge < -0.3 is 5.32 Å². The van der Waals surface area contributed by atoms with Crippen molar-refractivity contribution in [1.29, 1.82) is 0 Å². The Hall–Kier alpha value is -2.59. The summed E-state index contributed by atoms with van der Waals surface area (Å²) >= 11 is 1.61. The Labute approximate surface area is 163 Å². The Balaban J connectivity index is 1.54. The molecule has 0 aliphatic rings. The van der Waals surface area contributed by atoms with Gasteiger partial charge in [0.05, 0.1) is 11.0 Å². The highest BCUT2D eigenvalue weighted by atomic mass is 32.2. The van der Waals surface area contributed by atoms with Gasteiger partial charge in [0.1, 0.15) is 5.82 Å². The molecule has 0 aliphatic heterocycles. The molecule has 0 unspecified atom stereocenters. The zero-order valence-electron chi connectivity index (χ0n) is 15.0. The molecule has 3 rings (SSSR count). The number of thioether (sulfide) groups is 1. The first-order valence-corrected chi connectivity index (χ1v) is 10.00. The lowest BCUT2D eigenvalue weighted by molar-refractivity contribution is -0.118. The topological polar surface area (TPSA) is 29.1 Å². The minimum Gasteiger partial charge on any atom is -0.355 e. The van der Waals surface area contributed by atoms with E-state index in [4.69, 9.17) is 0 Å². The van der Waals surface area contributed by atoms with Gasteiger partial charge >= 0.3 is 0 Å². The van der Waals surface area contributed by atoms with Gasteiger partial charge in [-0.05, 0) is 35.2 Å². The molecule has 0 spiro atoms. The molecule has 2 nitrogen and oxygen atoms in total. The number of rotatable bonds is 8. The van der Waals surface area contributed by atoms with E-state index in [1.54, 1.807) is 17.8 Å². The smallest absolute Gasteiger partial charge is 0.230 e. The monoisotopic (exact) mass is 379 g/mol. The molecule has 3 aromatic rings. The van der Waals surface area contributed by atoms with Gasteiger partial charge in [0.15, 0.2) is 0 Å². The molecule has 0 bridgehead atoms. The summed E-state index contributed by atoms with van der Waals surface area (Å²) in [5.41, 5.74) is 3.25. The first-order valence-electron chi connectivity index (χ1n) is 8.95. The van der Waals surface area contributed by atoms with Crippen molar-refractivity contribution in [2.75, 3.05) is 12.3 Å². The van der Waals surface area contributed by atoms with E-state index in [2.05, 4.69) is 29.6 Å². The van der Waals surface area contributed by atoms with Crippen LogP contribution in [0.25, 0.3) is 0 Å². The third kappa shape index (κ3) is 5.97. The summed E-state index contributed by atoms with van der Waals surface area (Å²) in [6.45, 7) is 0.504. The second-order valence-corrected chi connectivity index (χ2v) is 7.34. The molecule has 0 fully saturated rings. The van der Waals surface area contributed by atoms with Crippen LogP contribution in [0.1, 0.15) is 21.9 Å². The second-order valence-electron chi connectivity index (χ2n) is 6.24. The second kappa shape index (κ2) is 9.93. The van der Waals surface area contributed by atoms with Crippen molar-refractivity contribution in [2.24, 2.45) is 0 Å². The van der Waals surface area contributed by atoms with Crippen molar-refractivity contribution >= 4 is 17.7 Å². The fourth-order valence-electron chi connectivity index (χ4n) is 2.89. The van der Waals surface area contributed by atoms with E-state index >= 15 is 0 Å². The van der Waals surface area contributed by atoms with E-state index in [9.17, 15) is 9.18 Å². The number of nitrogens with one attached hydrogen (secondary N) is 1. The van der Waals surface area contributed by atoms with Gasteiger partial charge in [0, 0.05) is 6.54 Å². The largest absolute Gasteiger partial charge is 0.355 e. The van der Waals surface area contributed by atoms with Crippen molar-refractivity contribution in [3.63, 3.8) is 0 Å². The van der Waals surface area contributed by atoms with E-state index < -0.39 is 0 Å². The zero-order chi connectivity index (χ0) is 18.9. The van der Waals surface area contributed by atoms with Crippen LogP contribution in [0.4, 0.5) is 4.39 Å². The Morgan fingerprint density at radius 1 is 0.889 bits per heavy atom. The van der Waals surface area contributed by atoms with Crippen molar-refractivity contribution in [2.45, 2.75) is 11.7 Å². The quantitative estimate of drug-likeness (QED) is 0.596. The van der Waals surface area contributed by atoms with E-state index in [0.29, 0.717) is 18.7 Å². The number of halogens is 1. The molecular formula is C23H22FNOS. The first-order chi connectivity index (χ1) is 13.2. The summed E-state index contributed by atoms with van der Waals surface area (Å²) in [5, 5.41) is 3.04. The number of carbonyl (C=O) groups is 1. The van der Waals surface area contributed by atoms with Gasteiger partial charge in [0.25, 0.3) is 0 Å². The Morgan fingerprint density at radius 3 is 2.11 bits per heavy atom. The normalized spacial score (nSPS) is 10.7. The van der Waals surface area contributed by atoms with Crippen LogP contribution in [0.2, 0.25) is 0 Å². The van der Waals surface area contributed by atoms with Crippen LogP contribution in [0, 0.1) is 5.82 Å². The molecular weight excluding hydrogens is 357 g/mol. The third-order valence-electron chi connectivity index (χ3n) is 4.21. The summed E-state index contributed by atoms with van der Waals surface area (Å²) in [5.74, 6) is 0.119. The Kier molecular flexibility index (Phi) is 7.05. The van der Waals surface area contributed by atoms with E-state index in [1.165, 1.54) is 23.3 Å². The summed E-state index contributed by atoms with van der Waals surface area (Å²) in [6.07, 6.45) is 0.620. The predicted octanol–water partition coefficient (Wildman–Crippen LogP) is 5.01. The van der Waals surface area contributed by atoms with Crippen molar-refractivity contribution in [3.8, 4) is 0 Å². The van der Waals surface area contributed by atoms with Gasteiger partial charge in [-0.15, -0.1) is 11.8 Å². The number of carbonyl (C=O) groups excluding carboxylic acids is 1. The highest BCUT2D eigenvalue weighted by molar-refractivity contribution is 8.00. The van der Waals surface area contributed by atoms with Gasteiger partial charge in [-0.25, -0.2) is 4.39 Å². The summed E-state index contributed by atoms with van der Waals surface area (Å²) in [7, 11) is 0. The molecule has 3 aromatic carbocycles. The van der Waals surface area contributed by atoms with Crippen molar-refractivity contribution in [1.82, 2.24) is 5.32 Å². The molecule has 0 atom stereocenters. The van der Waals surface area contributed by atoms with Crippen molar-refractivity contribution in [3.05, 3.63) is 107 Å². The minimum absolute atomic E-state index is 0.00624. The van der Waals surface area contributed by atoms with Crippen LogP contribution < -0.4 is 5.32 Å². The molecule has 0 radical (unpaired) electrons. The number of hydrogen-bond acceptors (Lipinski definition) is 2. The maximum Gasteiger partial charge on any atom is 0.230 e. The lowest BCUT2D eigenvalue weighted by Crippen LogP contribution is -2.27. The van der Waals surface area contributed by atoms with E-state index in [-0.39, 0.29) is 17.0 Å². The summed E-state index contributed by atoms with van der Waals surface area (Å²) < 4.78 is 13.2. The van der Waals surface area contributed by atoms with Gasteiger partial charge in [0.2, 0.25) is 5.91 Å². The standard InChI is InChI=1S/C23H22FNOS/c24-21-13-7-8-18(16-21)14-15-25-22(26)17-27-23(19-9-3-1-4-10-19)20-11-5-2-6-12-20/h1-13,16,23H,14-15,17H2,(H,25,26). The molecule has 1 amide bonds. The third-order valence-corrected chi connectivity index (χ3v) is 5.52. The highest BCUT2D eigenvalue weighted by Crippen LogP contribution is 2.35. The maximum absolute atomic E-state index is 13.2. The van der Waals surface area contributed by atoms with Crippen LogP contribution >= 0.6 is 11.8 Å². The fourth-order valence-corrected chi connectivity index (χ4v) is 4.01. The molecule has 0 saturated heterocycles. The molecule has 4 heteroatoms. The predicted molar refractivity (Wildman–Crippen MR) is 110 cm³/mol. The number of amides is 1. The molecule has 0 heterocycles. The van der Waals surface area contributed by atoms with Crippen LogP contribution in [0.3, 0.4) is 0 Å². The maximum atomic E-state index is 13.2. The van der Waals surface area contributed by atoms with Crippen LogP contribution in [0.15, 0.2) is 84.9 Å². The van der Waals surface area contributed by atoms with Gasteiger partial charge in [-0.3, -0.25) is 4.79 Å². The minimum atomic E-state index is -0.247. The lowest BCUT2D eigenvalue weighted by atomic mass is 10.0. The summed E-state index contributed by atoms with van der Waals surface area (Å²) in [4.78, 5) is 12.3. The Bertz CT molecular complexity index is 815. The first kappa shape index (κ1) is 19.2. The van der Waals surface area contributed by atoms with Crippen LogP contribution in [0.5, 0.6) is 0 Å². The van der Waals surface area contributed by atoms with Crippen LogP contribution in [-0.4, -0.2) is 18.2 Å². The zero-order valence-corrected chi connectivity index (χ0v) is 15.8. The average molecular weight is 380 g/mol. The molecule has 1 N–H and O–H groups in total. The molecule has 0 saturated carbocycles. The highest BCUT2D eigenvalue weighted by Gasteiger charge is 2.16. The molecule has 0 aliphatic carbocycles. The van der Waals surface area contributed by atoms with E-state index in [0.717, 1.165) is 5.56 Å². The number of hydrogen-bond donors (Lipinski definition) is 1.